The second-order valence-electron chi connectivity index (χ2n) is 18.0. The summed E-state index contributed by atoms with van der Waals surface area (Å²) in [7, 11) is 0. The number of rotatable bonds is 24. The molecule has 23 heteroatoms. The number of carbonyl (C=O) groups excluding carboxylic acids is 9. The van der Waals surface area contributed by atoms with Crippen LogP contribution < -0.4 is 54.4 Å². The first-order chi connectivity index (χ1) is 32.1. The Balaban J connectivity index is 3.15. The van der Waals surface area contributed by atoms with E-state index in [0.29, 0.717) is 25.8 Å². The molecule has 1 rings (SSSR count). The normalized spacial score (nSPS) is 23.7. The van der Waals surface area contributed by atoms with E-state index in [1.807, 2.05) is 0 Å². The molecule has 0 aliphatic carbocycles. The van der Waals surface area contributed by atoms with Gasteiger partial charge in [0, 0.05) is 6.54 Å². The smallest absolute Gasteiger partial charge is 0.328 e. The van der Waals surface area contributed by atoms with Gasteiger partial charge in [-0.15, -0.1) is 0 Å². The summed E-state index contributed by atoms with van der Waals surface area (Å²) in [6, 6.07) is -10.3. The molecule has 0 radical (unpaired) electrons. The van der Waals surface area contributed by atoms with E-state index in [2.05, 4.69) is 42.2 Å². The van der Waals surface area contributed by atoms with E-state index in [4.69, 9.17) is 21.9 Å². The zero-order valence-electron chi connectivity index (χ0n) is 40.9. The number of nitrogens with zero attached hydrogens (tertiary/aromatic N) is 1. The fraction of sp³-hybridized carbons (Fsp3) is 0.778. The molecule has 1 unspecified atom stereocenters. The molecule has 0 aromatic carbocycles. The monoisotopic (exact) mass is 968 g/mol. The van der Waals surface area contributed by atoms with Crippen LogP contribution in [0.2, 0.25) is 0 Å². The molecular formula is C45H81N11O12. The van der Waals surface area contributed by atoms with Crippen LogP contribution in [0.5, 0.6) is 0 Å². The molecular weight excluding hydrogens is 887 g/mol. The van der Waals surface area contributed by atoms with Crippen molar-refractivity contribution in [2.75, 3.05) is 19.8 Å². The summed E-state index contributed by atoms with van der Waals surface area (Å²) < 4.78 is 5.35. The summed E-state index contributed by atoms with van der Waals surface area (Å²) in [5.74, 6) is -9.52. The van der Waals surface area contributed by atoms with Crippen LogP contribution in [0, 0.1) is 11.8 Å². The number of aliphatic hydroxyl groups excluding tert-OH is 2. The van der Waals surface area contributed by atoms with Crippen molar-refractivity contribution in [3.63, 3.8) is 0 Å². The lowest BCUT2D eigenvalue weighted by Crippen LogP contribution is -2.62. The van der Waals surface area contributed by atoms with Gasteiger partial charge in [0.05, 0.1) is 25.6 Å². The second kappa shape index (κ2) is 33.0. The molecule has 23 nitrogen and oxygen atoms in total. The molecule has 0 aromatic heterocycles. The number of aliphatic imine (C=N–C) groups is 1. The summed E-state index contributed by atoms with van der Waals surface area (Å²) in [6.07, 6.45) is 11.1. The Morgan fingerprint density at radius 1 is 0.676 bits per heavy atom. The van der Waals surface area contributed by atoms with Gasteiger partial charge in [0.25, 0.3) is 0 Å². The summed E-state index contributed by atoms with van der Waals surface area (Å²) in [5, 5.41) is 37.6. The average Bonchev–Trinajstić information content (AvgIpc) is 3.27. The second-order valence-corrected chi connectivity index (χ2v) is 18.0. The molecule has 1 fully saturated rings. The first kappa shape index (κ1) is 60.4. The number of carbonyl (C=O) groups is 9. The summed E-state index contributed by atoms with van der Waals surface area (Å²) >= 11 is 0. The summed E-state index contributed by atoms with van der Waals surface area (Å²) in [4.78, 5) is 123. The lowest BCUT2D eigenvalue weighted by Gasteiger charge is -2.30. The number of nitrogens with two attached hydrogens (primary N) is 3. The lowest BCUT2D eigenvalue weighted by molar-refractivity contribution is -0.150. The largest absolute Gasteiger partial charge is 0.461 e. The van der Waals surface area contributed by atoms with Gasteiger partial charge < -0.3 is 69.4 Å². The third-order valence-electron chi connectivity index (χ3n) is 11.6. The van der Waals surface area contributed by atoms with Gasteiger partial charge in [0.15, 0.2) is 5.96 Å². The molecule has 1 aliphatic heterocycles. The van der Waals surface area contributed by atoms with E-state index in [0.717, 1.165) is 51.4 Å². The van der Waals surface area contributed by atoms with E-state index >= 15 is 0 Å². The molecule has 0 aromatic rings. The molecule has 15 N–H and O–H groups in total. The number of hydrogen-bond acceptors (Lipinski definition) is 13. The number of esters is 1. The van der Waals surface area contributed by atoms with Crippen molar-refractivity contribution in [1.82, 2.24) is 37.2 Å². The third-order valence-corrected chi connectivity index (χ3v) is 11.6. The molecule has 0 bridgehead atoms. The van der Waals surface area contributed by atoms with E-state index in [1.165, 1.54) is 33.1 Å². The molecule has 8 amide bonds. The topological polar surface area (TPSA) is 378 Å². The van der Waals surface area contributed by atoms with Crippen molar-refractivity contribution in [3.05, 3.63) is 0 Å². The molecule has 388 valence electrons. The third kappa shape index (κ3) is 24.4. The number of amides is 8. The number of ether oxygens (including phenoxy) is 1. The quantitative estimate of drug-likeness (QED) is 0.0230. The predicted molar refractivity (Wildman–Crippen MR) is 252 cm³/mol. The van der Waals surface area contributed by atoms with Crippen LogP contribution >= 0.6 is 0 Å². The van der Waals surface area contributed by atoms with Crippen molar-refractivity contribution in [2.45, 2.75) is 193 Å². The van der Waals surface area contributed by atoms with E-state index < -0.39 is 140 Å². The number of cyclic esters (lactones) is 1. The van der Waals surface area contributed by atoms with Crippen molar-refractivity contribution in [2.24, 2.45) is 34.0 Å². The highest BCUT2D eigenvalue weighted by Crippen LogP contribution is 2.15. The molecule has 1 saturated heterocycles. The molecule has 1 heterocycles. The van der Waals surface area contributed by atoms with Crippen LogP contribution in [0.25, 0.3) is 0 Å². The maximum atomic E-state index is 13.9. The van der Waals surface area contributed by atoms with E-state index in [-0.39, 0.29) is 5.96 Å². The molecule has 68 heavy (non-hydrogen) atoms. The minimum Gasteiger partial charge on any atom is -0.461 e. The first-order valence-electron chi connectivity index (χ1n) is 24.0. The highest BCUT2D eigenvalue weighted by Gasteiger charge is 2.36. The number of hydrogen-bond donors (Lipinski definition) is 12. The van der Waals surface area contributed by atoms with Crippen molar-refractivity contribution in [3.8, 4) is 0 Å². The Bertz CT molecular complexity index is 1680. The highest BCUT2D eigenvalue weighted by molar-refractivity contribution is 5.98. The summed E-state index contributed by atoms with van der Waals surface area (Å²) in [5.41, 5.74) is 16.0. The molecule has 9 atom stereocenters. The molecule has 0 saturated carbocycles. The zero-order chi connectivity index (χ0) is 51.3. The fourth-order valence-electron chi connectivity index (χ4n) is 7.16. The Kier molecular flexibility index (Phi) is 29.3. The van der Waals surface area contributed by atoms with E-state index in [1.54, 1.807) is 27.7 Å². The maximum Gasteiger partial charge on any atom is 0.328 e. The van der Waals surface area contributed by atoms with Crippen molar-refractivity contribution in [1.29, 1.82) is 0 Å². The van der Waals surface area contributed by atoms with Crippen LogP contribution in [0.4, 0.5) is 0 Å². The Labute approximate surface area is 400 Å². The van der Waals surface area contributed by atoms with Crippen LogP contribution in [0.1, 0.15) is 144 Å². The van der Waals surface area contributed by atoms with Gasteiger partial charge in [-0.2, -0.15) is 0 Å². The SMILES string of the molecule is CC[C@H](C)[C@@H]1NC(=O)[C@@H](C(C)C)NC(=O)[C@@H](NC(=O)CC(O)CCCCCCCCCCCCCCN=C(N)N)COC(=O)[C@@H](C)NC(=O)[C@@H](CC(N)=O)NC(=O)[C@H](CO)NC(=O)[C@@H](C)NC1=O. The fourth-order valence-corrected chi connectivity index (χ4v) is 7.16. The Morgan fingerprint density at radius 3 is 1.71 bits per heavy atom. The van der Waals surface area contributed by atoms with Gasteiger partial charge in [0.1, 0.15) is 48.9 Å². The molecule has 0 spiro atoms. The number of aliphatic hydroxyl groups is 2. The number of unbranched alkanes of at least 4 members (excludes halogenated alkanes) is 11. The average molecular weight is 968 g/mol. The molecule has 1 aliphatic rings. The lowest BCUT2D eigenvalue weighted by atomic mass is 9.96. The van der Waals surface area contributed by atoms with Crippen LogP contribution in [-0.4, -0.2) is 138 Å². The van der Waals surface area contributed by atoms with Crippen LogP contribution in [0.15, 0.2) is 4.99 Å². The van der Waals surface area contributed by atoms with E-state index in [9.17, 15) is 53.4 Å². The Morgan fingerprint density at radius 2 is 1.18 bits per heavy atom. The van der Waals surface area contributed by atoms with Gasteiger partial charge in [-0.1, -0.05) is 105 Å². The summed E-state index contributed by atoms with van der Waals surface area (Å²) in [6.45, 7) is 8.07. The highest BCUT2D eigenvalue weighted by atomic mass is 16.5. The number of guanidine groups is 1. The van der Waals surface area contributed by atoms with Gasteiger partial charge in [0.2, 0.25) is 47.3 Å². The first-order valence-corrected chi connectivity index (χ1v) is 24.0. The van der Waals surface area contributed by atoms with Gasteiger partial charge >= 0.3 is 5.97 Å². The maximum absolute atomic E-state index is 13.9. The number of nitrogens with one attached hydrogen (secondary N) is 7. The minimum absolute atomic E-state index is 0.125. The Hall–Kier alpha value is -5.58. The minimum atomic E-state index is -1.70. The van der Waals surface area contributed by atoms with Gasteiger partial charge in [-0.25, -0.2) is 4.79 Å². The van der Waals surface area contributed by atoms with Gasteiger partial charge in [-0.05, 0) is 38.5 Å². The van der Waals surface area contributed by atoms with Crippen molar-refractivity contribution < 1.29 is 58.1 Å². The van der Waals surface area contributed by atoms with Crippen LogP contribution in [0.3, 0.4) is 0 Å². The van der Waals surface area contributed by atoms with Gasteiger partial charge in [-0.3, -0.25) is 43.3 Å². The standard InChI is InChI=1S/C45H81N11O12/c1-7-27(4)37-43(66)50-28(5)38(61)54-32(24-57)40(63)53-31(23-34(46)59)39(62)51-29(6)44(67)68-25-33(41(64)55-36(26(2)3)42(65)56-37)52-35(60)22-30(58)20-18-16-14-12-10-8-9-11-13-15-17-19-21-49-45(47)48/h26-33,36-37,57-58H,7-25H2,1-6H3,(H2,46,59)(H,50,66)(H,51,62)(H,52,60)(H,53,63)(H,54,61)(H,55,64)(H,56,65)(H4,47,48,49)/t27-,28+,29+,30?,31+,32-,33-,36+,37-/m0/s1. The predicted octanol–water partition coefficient (Wildman–Crippen LogP) is -1.36. The zero-order valence-corrected chi connectivity index (χ0v) is 40.9. The van der Waals surface area contributed by atoms with Crippen LogP contribution in [-0.2, 0) is 47.9 Å². The van der Waals surface area contributed by atoms with Crippen molar-refractivity contribution >= 4 is 59.2 Å². The number of primary amides is 1.